The minimum atomic E-state index is 0. The number of aliphatic imine (C=N–C) groups is 1. The van der Waals surface area contributed by atoms with E-state index >= 15 is 0 Å². The van der Waals surface area contributed by atoms with Gasteiger partial charge in [-0.3, -0.25) is 4.99 Å². The molecule has 0 radical (unpaired) electrons. The van der Waals surface area contributed by atoms with Crippen LogP contribution in [0.15, 0.2) is 23.2 Å². The Morgan fingerprint density at radius 2 is 1.62 bits per heavy atom. The Morgan fingerprint density at radius 1 is 1.00 bits per heavy atom. The van der Waals surface area contributed by atoms with Gasteiger partial charge in [-0.1, -0.05) is 0 Å². The highest BCUT2D eigenvalue weighted by molar-refractivity contribution is 14.0. The van der Waals surface area contributed by atoms with Crippen molar-refractivity contribution in [3.63, 3.8) is 0 Å². The molecule has 182 valence electrons. The molecule has 3 rings (SSSR count). The van der Waals surface area contributed by atoms with Crippen LogP contribution in [-0.4, -0.2) is 77.4 Å². The van der Waals surface area contributed by atoms with E-state index in [0.717, 1.165) is 68.1 Å². The Kier molecular flexibility index (Phi) is 11.7. The van der Waals surface area contributed by atoms with Crippen molar-refractivity contribution < 1.29 is 9.47 Å². The number of likely N-dealkylation sites (tertiary alicyclic amines) is 1. The van der Waals surface area contributed by atoms with E-state index in [1.807, 2.05) is 6.07 Å². The first kappa shape index (κ1) is 26.8. The molecule has 7 nitrogen and oxygen atoms in total. The lowest BCUT2D eigenvalue weighted by molar-refractivity contribution is 0.214. The minimum absolute atomic E-state index is 0. The lowest BCUT2D eigenvalue weighted by atomic mass is 9.94. The second-order valence-electron chi connectivity index (χ2n) is 8.77. The van der Waals surface area contributed by atoms with Crippen LogP contribution in [-0.2, 0) is 0 Å². The van der Waals surface area contributed by atoms with E-state index in [0.29, 0.717) is 6.04 Å². The predicted octanol–water partition coefficient (Wildman–Crippen LogP) is 3.58. The Labute approximate surface area is 211 Å². The molecule has 0 amide bonds. The zero-order valence-electron chi connectivity index (χ0n) is 20.2. The summed E-state index contributed by atoms with van der Waals surface area (Å²) in [5.74, 6) is 3.46. The van der Waals surface area contributed by atoms with Crippen molar-refractivity contribution in [1.82, 2.24) is 15.5 Å². The number of piperidine rings is 2. The van der Waals surface area contributed by atoms with Crippen molar-refractivity contribution in [2.45, 2.75) is 45.1 Å². The molecule has 1 aromatic rings. The van der Waals surface area contributed by atoms with Crippen LogP contribution >= 0.6 is 24.0 Å². The number of rotatable bonds is 8. The van der Waals surface area contributed by atoms with E-state index in [1.165, 1.54) is 32.4 Å². The summed E-state index contributed by atoms with van der Waals surface area (Å²) in [7, 11) is 5.61. The maximum absolute atomic E-state index is 5.43. The molecule has 2 N–H and O–H groups in total. The van der Waals surface area contributed by atoms with Gasteiger partial charge in [0.05, 0.1) is 14.2 Å². The third kappa shape index (κ3) is 8.17. The van der Waals surface area contributed by atoms with Crippen LogP contribution in [0.4, 0.5) is 5.69 Å². The van der Waals surface area contributed by atoms with Crippen LogP contribution in [0.25, 0.3) is 0 Å². The van der Waals surface area contributed by atoms with Gasteiger partial charge in [0.2, 0.25) is 0 Å². The van der Waals surface area contributed by atoms with Crippen molar-refractivity contribution in [3.05, 3.63) is 18.2 Å². The number of hydrogen-bond acceptors (Lipinski definition) is 5. The molecule has 2 fully saturated rings. The fourth-order valence-electron chi connectivity index (χ4n) is 4.48. The number of nitrogens with zero attached hydrogens (tertiary/aromatic N) is 3. The fraction of sp³-hybridized carbons (Fsp3) is 0.708. The topological polar surface area (TPSA) is 61.4 Å². The van der Waals surface area contributed by atoms with E-state index in [-0.39, 0.29) is 24.0 Å². The monoisotopic (exact) mass is 559 g/mol. The summed E-state index contributed by atoms with van der Waals surface area (Å²) >= 11 is 0. The first-order valence-corrected chi connectivity index (χ1v) is 11.8. The maximum atomic E-state index is 5.43. The molecule has 2 aliphatic rings. The first-order chi connectivity index (χ1) is 15.1. The number of ether oxygens (including phenoxy) is 2. The SMILES string of the molecule is CCNC(=NCCC1CCN(C)CC1)NC1CCN(c2cc(OC)cc(OC)c2)CC1.I. The Morgan fingerprint density at radius 3 is 2.19 bits per heavy atom. The molecule has 2 aliphatic heterocycles. The van der Waals surface area contributed by atoms with E-state index in [4.69, 9.17) is 14.5 Å². The van der Waals surface area contributed by atoms with E-state index in [9.17, 15) is 0 Å². The van der Waals surface area contributed by atoms with Crippen LogP contribution in [0.3, 0.4) is 0 Å². The zero-order chi connectivity index (χ0) is 22.1. The first-order valence-electron chi connectivity index (χ1n) is 11.8. The summed E-state index contributed by atoms with van der Waals surface area (Å²) in [6.07, 6.45) is 5.98. The summed E-state index contributed by atoms with van der Waals surface area (Å²) in [5, 5.41) is 7.11. The van der Waals surface area contributed by atoms with Crippen LogP contribution in [0, 0.1) is 5.92 Å². The molecule has 0 aliphatic carbocycles. The summed E-state index contributed by atoms with van der Waals surface area (Å²) < 4.78 is 10.9. The highest BCUT2D eigenvalue weighted by Crippen LogP contribution is 2.30. The molecule has 0 atom stereocenters. The lowest BCUT2D eigenvalue weighted by Gasteiger charge is -2.35. The third-order valence-corrected chi connectivity index (χ3v) is 6.53. The van der Waals surface area contributed by atoms with Gasteiger partial charge in [-0.05, 0) is 65.1 Å². The molecule has 0 bridgehead atoms. The molecule has 8 heteroatoms. The van der Waals surface area contributed by atoms with Crippen LogP contribution < -0.4 is 25.0 Å². The normalized spacial score (nSPS) is 18.8. The molecule has 0 spiro atoms. The highest BCUT2D eigenvalue weighted by Gasteiger charge is 2.21. The Bertz CT molecular complexity index is 679. The number of hydrogen-bond donors (Lipinski definition) is 2. The summed E-state index contributed by atoms with van der Waals surface area (Å²) in [6, 6.07) is 6.54. The second-order valence-corrected chi connectivity index (χ2v) is 8.77. The summed E-state index contributed by atoms with van der Waals surface area (Å²) in [4.78, 5) is 9.72. The molecule has 32 heavy (non-hydrogen) atoms. The lowest BCUT2D eigenvalue weighted by Crippen LogP contribution is -2.48. The highest BCUT2D eigenvalue weighted by atomic mass is 127. The largest absolute Gasteiger partial charge is 0.497 e. The van der Waals surface area contributed by atoms with Gasteiger partial charge in [0.1, 0.15) is 11.5 Å². The number of benzene rings is 1. The molecule has 1 aromatic carbocycles. The van der Waals surface area contributed by atoms with Crippen LogP contribution in [0.5, 0.6) is 11.5 Å². The van der Waals surface area contributed by atoms with Gasteiger partial charge in [-0.25, -0.2) is 0 Å². The van der Waals surface area contributed by atoms with Gasteiger partial charge in [0, 0.05) is 56.1 Å². The number of halogens is 1. The van der Waals surface area contributed by atoms with Crippen molar-refractivity contribution in [2.75, 3.05) is 65.4 Å². The molecule has 0 unspecified atom stereocenters. The molecule has 2 saturated heterocycles. The number of anilines is 1. The molecule has 2 heterocycles. The van der Waals surface area contributed by atoms with Crippen molar-refractivity contribution in [2.24, 2.45) is 10.9 Å². The van der Waals surface area contributed by atoms with Gasteiger partial charge < -0.3 is 29.9 Å². The molecule has 0 aromatic heterocycles. The zero-order valence-corrected chi connectivity index (χ0v) is 22.6. The fourth-order valence-corrected chi connectivity index (χ4v) is 4.48. The molecular weight excluding hydrogens is 517 g/mol. The smallest absolute Gasteiger partial charge is 0.191 e. The summed E-state index contributed by atoms with van der Waals surface area (Å²) in [6.45, 7) is 8.39. The number of guanidine groups is 1. The summed E-state index contributed by atoms with van der Waals surface area (Å²) in [5.41, 5.74) is 1.16. The van der Waals surface area contributed by atoms with Gasteiger partial charge in [0.15, 0.2) is 5.96 Å². The quantitative estimate of drug-likeness (QED) is 0.289. The van der Waals surface area contributed by atoms with Crippen molar-refractivity contribution in [3.8, 4) is 11.5 Å². The predicted molar refractivity (Wildman–Crippen MR) is 144 cm³/mol. The molecular formula is C24H42IN5O2. The van der Waals surface area contributed by atoms with Gasteiger partial charge in [0.25, 0.3) is 0 Å². The van der Waals surface area contributed by atoms with Crippen LogP contribution in [0.2, 0.25) is 0 Å². The number of nitrogens with one attached hydrogen (secondary N) is 2. The standard InChI is InChI=1S/C24H41N5O2.HI/c1-5-25-24(26-11-6-19-7-12-28(2)13-8-19)27-20-9-14-29(15-10-20)21-16-22(30-3)18-23(17-21)31-4;/h16-20H,5-15H2,1-4H3,(H2,25,26,27);1H. The van der Waals surface area contributed by atoms with E-state index in [2.05, 4.69) is 46.5 Å². The average molecular weight is 560 g/mol. The average Bonchev–Trinajstić information content (AvgIpc) is 2.80. The van der Waals surface area contributed by atoms with Crippen molar-refractivity contribution >= 4 is 35.6 Å². The number of methoxy groups -OCH3 is 2. The minimum Gasteiger partial charge on any atom is -0.497 e. The van der Waals surface area contributed by atoms with Crippen molar-refractivity contribution in [1.29, 1.82) is 0 Å². The van der Waals surface area contributed by atoms with Gasteiger partial charge in [-0.15, -0.1) is 24.0 Å². The Balaban J connectivity index is 0.00000363. The van der Waals surface area contributed by atoms with Crippen LogP contribution in [0.1, 0.15) is 39.0 Å². The maximum Gasteiger partial charge on any atom is 0.191 e. The van der Waals surface area contributed by atoms with E-state index in [1.54, 1.807) is 14.2 Å². The van der Waals surface area contributed by atoms with E-state index < -0.39 is 0 Å². The van der Waals surface area contributed by atoms with Gasteiger partial charge in [-0.2, -0.15) is 0 Å². The second kappa shape index (κ2) is 14.0. The molecule has 0 saturated carbocycles. The van der Waals surface area contributed by atoms with Gasteiger partial charge >= 0.3 is 0 Å². The third-order valence-electron chi connectivity index (χ3n) is 6.53. The Hall–Kier alpha value is -1.42.